The van der Waals surface area contributed by atoms with Crippen LogP contribution in [0.4, 0.5) is 17.1 Å². The number of benzene rings is 4. The minimum absolute atomic E-state index is 0.0237. The van der Waals surface area contributed by atoms with Crippen LogP contribution in [0.25, 0.3) is 11.1 Å². The predicted molar refractivity (Wildman–Crippen MR) is 196 cm³/mol. The van der Waals surface area contributed by atoms with E-state index >= 15 is 0 Å². The maximum absolute atomic E-state index is 2.52. The Morgan fingerprint density at radius 2 is 1.39 bits per heavy atom. The van der Waals surface area contributed by atoms with Crippen molar-refractivity contribution in [2.45, 2.75) is 109 Å². The lowest BCUT2D eigenvalue weighted by Gasteiger charge is -2.44. The summed E-state index contributed by atoms with van der Waals surface area (Å²) in [6, 6.07) is 35.7. The molecule has 0 saturated heterocycles. The lowest BCUT2D eigenvalue weighted by atomic mass is 9.61. The Bertz CT molecular complexity index is 1710. The zero-order valence-electron chi connectivity index (χ0n) is 28.9. The topological polar surface area (TPSA) is 3.24 Å². The quantitative estimate of drug-likeness (QED) is 0.202. The van der Waals surface area contributed by atoms with Crippen LogP contribution in [0.1, 0.15) is 121 Å². The normalized spacial score (nSPS) is 29.0. The zero-order chi connectivity index (χ0) is 31.6. The van der Waals surface area contributed by atoms with Gasteiger partial charge in [0.25, 0.3) is 0 Å². The first-order chi connectivity index (χ1) is 22.3. The molecule has 2 bridgehead atoms. The van der Waals surface area contributed by atoms with E-state index in [0.29, 0.717) is 5.41 Å². The van der Waals surface area contributed by atoms with Crippen molar-refractivity contribution < 1.29 is 0 Å². The van der Waals surface area contributed by atoms with Crippen molar-refractivity contribution in [2.75, 3.05) is 4.90 Å². The Hall–Kier alpha value is -3.32. The molecular weight excluding hydrogens is 555 g/mol. The average molecular weight is 608 g/mol. The third-order valence-corrected chi connectivity index (χ3v) is 13.3. The molecule has 4 aromatic rings. The van der Waals surface area contributed by atoms with Crippen molar-refractivity contribution >= 4 is 17.1 Å². The van der Waals surface area contributed by atoms with Crippen molar-refractivity contribution in [1.82, 2.24) is 0 Å². The van der Waals surface area contributed by atoms with E-state index in [4.69, 9.17) is 0 Å². The molecule has 46 heavy (non-hydrogen) atoms. The monoisotopic (exact) mass is 607 g/mol. The van der Waals surface area contributed by atoms with Crippen LogP contribution in [0.2, 0.25) is 0 Å². The van der Waals surface area contributed by atoms with Crippen LogP contribution in [0.3, 0.4) is 0 Å². The molecule has 6 unspecified atom stereocenters. The van der Waals surface area contributed by atoms with Gasteiger partial charge in [-0.3, -0.25) is 0 Å². The molecule has 0 aliphatic heterocycles. The Balaban J connectivity index is 1.19. The molecular formula is C45H53N. The summed E-state index contributed by atoms with van der Waals surface area (Å²) < 4.78 is 0. The van der Waals surface area contributed by atoms with Gasteiger partial charge in [0.15, 0.2) is 0 Å². The molecule has 1 nitrogen and oxygen atoms in total. The van der Waals surface area contributed by atoms with Gasteiger partial charge in [-0.25, -0.2) is 0 Å². The van der Waals surface area contributed by atoms with E-state index in [1.165, 1.54) is 97.1 Å². The van der Waals surface area contributed by atoms with E-state index in [9.17, 15) is 0 Å². The van der Waals surface area contributed by atoms with E-state index in [1.807, 2.05) is 0 Å². The second-order valence-corrected chi connectivity index (χ2v) is 16.3. The fraction of sp³-hybridized carbons (Fsp3) is 0.467. The van der Waals surface area contributed by atoms with Crippen molar-refractivity contribution in [3.63, 3.8) is 0 Å². The van der Waals surface area contributed by atoms with Crippen molar-refractivity contribution in [2.24, 2.45) is 23.7 Å². The highest BCUT2D eigenvalue weighted by Gasteiger charge is 2.41. The molecule has 1 heteroatoms. The lowest BCUT2D eigenvalue weighted by molar-refractivity contribution is 0.159. The van der Waals surface area contributed by atoms with Crippen LogP contribution >= 0.6 is 0 Å². The second-order valence-electron chi connectivity index (χ2n) is 16.3. The summed E-state index contributed by atoms with van der Waals surface area (Å²) in [5.41, 5.74) is 12.8. The molecule has 0 heterocycles. The fourth-order valence-electron chi connectivity index (χ4n) is 10.8. The Kier molecular flexibility index (Phi) is 7.47. The van der Waals surface area contributed by atoms with Gasteiger partial charge in [0.05, 0.1) is 0 Å². The SMILES string of the molecule is CCC1CC(C)CC(CC)(c2ccc(N(c3ccc(C4CC5CCC4C5)cc3)c3ccc4c(c3)C(C)(C)c3ccccc3-4)cc2)C1. The zero-order valence-corrected chi connectivity index (χ0v) is 28.9. The van der Waals surface area contributed by atoms with Gasteiger partial charge >= 0.3 is 0 Å². The largest absolute Gasteiger partial charge is 0.310 e. The fourth-order valence-corrected chi connectivity index (χ4v) is 10.8. The maximum atomic E-state index is 2.52. The van der Waals surface area contributed by atoms with Crippen LogP contribution in [-0.2, 0) is 10.8 Å². The van der Waals surface area contributed by atoms with Gasteiger partial charge in [0, 0.05) is 22.5 Å². The van der Waals surface area contributed by atoms with E-state index < -0.39 is 0 Å². The first-order valence-electron chi connectivity index (χ1n) is 18.5. The third kappa shape index (κ3) is 4.87. The third-order valence-electron chi connectivity index (χ3n) is 13.3. The number of hydrogen-bond acceptors (Lipinski definition) is 1. The first-order valence-corrected chi connectivity index (χ1v) is 18.5. The molecule has 0 spiro atoms. The van der Waals surface area contributed by atoms with Crippen LogP contribution < -0.4 is 4.90 Å². The van der Waals surface area contributed by atoms with Gasteiger partial charge in [-0.1, -0.05) is 102 Å². The number of rotatable bonds is 7. The lowest BCUT2D eigenvalue weighted by Crippen LogP contribution is -2.35. The number of fused-ring (bicyclic) bond motifs is 5. The first kappa shape index (κ1) is 30.0. The van der Waals surface area contributed by atoms with Gasteiger partial charge in [0.1, 0.15) is 0 Å². The van der Waals surface area contributed by atoms with Gasteiger partial charge in [0.2, 0.25) is 0 Å². The maximum Gasteiger partial charge on any atom is 0.0465 e. The van der Waals surface area contributed by atoms with E-state index in [2.05, 4.69) is 131 Å². The van der Waals surface area contributed by atoms with E-state index in [0.717, 1.165) is 29.6 Å². The molecule has 0 aromatic heterocycles. The summed E-state index contributed by atoms with van der Waals surface area (Å²) in [5, 5.41) is 0. The Morgan fingerprint density at radius 3 is 2.07 bits per heavy atom. The molecule has 3 saturated carbocycles. The van der Waals surface area contributed by atoms with E-state index in [1.54, 1.807) is 11.1 Å². The molecule has 8 rings (SSSR count). The smallest absolute Gasteiger partial charge is 0.0465 e. The molecule has 0 radical (unpaired) electrons. The molecule has 4 aliphatic rings. The van der Waals surface area contributed by atoms with Crippen molar-refractivity contribution in [3.8, 4) is 11.1 Å². The standard InChI is InChI=1S/C45H53N/c1-6-31-24-30(3)28-45(7-2,29-31)35-16-20-37(21-17-35)46(36-18-14-33(15-19-36)41-26-32-12-13-34(41)25-32)38-22-23-40-39-10-8-9-11-42(39)44(4,5)43(40)27-38/h8-11,14-23,27,30-32,34,41H,6-7,12-13,24-26,28-29H2,1-5H3. The second kappa shape index (κ2) is 11.4. The highest BCUT2D eigenvalue weighted by Crippen LogP contribution is 2.54. The summed E-state index contributed by atoms with van der Waals surface area (Å²) in [6.45, 7) is 12.1. The molecule has 238 valence electrons. The van der Waals surface area contributed by atoms with E-state index in [-0.39, 0.29) is 5.41 Å². The van der Waals surface area contributed by atoms with Crippen molar-refractivity contribution in [1.29, 1.82) is 0 Å². The van der Waals surface area contributed by atoms with Crippen molar-refractivity contribution in [3.05, 3.63) is 113 Å². The summed E-state index contributed by atoms with van der Waals surface area (Å²) in [6.07, 6.45) is 12.3. The molecule has 3 fully saturated rings. The summed E-state index contributed by atoms with van der Waals surface area (Å²) >= 11 is 0. The number of anilines is 3. The molecule has 4 aromatic carbocycles. The minimum Gasteiger partial charge on any atom is -0.310 e. The van der Waals surface area contributed by atoms with Crippen LogP contribution in [0.5, 0.6) is 0 Å². The molecule has 0 N–H and O–H groups in total. The van der Waals surface area contributed by atoms with Gasteiger partial charge in [-0.15, -0.1) is 0 Å². The Morgan fingerprint density at radius 1 is 0.696 bits per heavy atom. The summed E-state index contributed by atoms with van der Waals surface area (Å²) in [5.74, 6) is 4.26. The number of hydrogen-bond donors (Lipinski definition) is 0. The molecule has 6 atom stereocenters. The highest BCUT2D eigenvalue weighted by molar-refractivity contribution is 5.85. The van der Waals surface area contributed by atoms with Crippen LogP contribution in [0, 0.1) is 23.7 Å². The highest BCUT2D eigenvalue weighted by atomic mass is 15.1. The van der Waals surface area contributed by atoms with Crippen LogP contribution in [0.15, 0.2) is 91.0 Å². The van der Waals surface area contributed by atoms with Gasteiger partial charge in [-0.05, 0) is 150 Å². The van der Waals surface area contributed by atoms with Gasteiger partial charge < -0.3 is 4.90 Å². The van der Waals surface area contributed by atoms with Gasteiger partial charge in [-0.2, -0.15) is 0 Å². The summed E-state index contributed by atoms with van der Waals surface area (Å²) in [7, 11) is 0. The predicted octanol–water partition coefficient (Wildman–Crippen LogP) is 12.9. The van der Waals surface area contributed by atoms with Crippen LogP contribution in [-0.4, -0.2) is 0 Å². The Labute approximate surface area is 278 Å². The summed E-state index contributed by atoms with van der Waals surface area (Å²) in [4.78, 5) is 2.52. The average Bonchev–Trinajstić information content (AvgIpc) is 3.78. The molecule has 4 aliphatic carbocycles. The minimum atomic E-state index is -0.0237. The number of nitrogens with zero attached hydrogens (tertiary/aromatic N) is 1. The molecule has 0 amide bonds.